The van der Waals surface area contributed by atoms with Gasteiger partial charge in [-0.1, -0.05) is 30.9 Å². The quantitative estimate of drug-likeness (QED) is 0.598. The van der Waals surface area contributed by atoms with Gasteiger partial charge in [-0.2, -0.15) is 5.10 Å². The summed E-state index contributed by atoms with van der Waals surface area (Å²) >= 11 is 6.16. The second kappa shape index (κ2) is 9.97. The maximum Gasteiger partial charge on any atom is 0.252 e. The molecule has 1 aromatic heterocycles. The van der Waals surface area contributed by atoms with Gasteiger partial charge in [-0.3, -0.25) is 9.59 Å². The Kier molecular flexibility index (Phi) is 7.07. The fourth-order valence-electron chi connectivity index (χ4n) is 4.73. The monoisotopic (exact) mass is 460 g/mol. The molecule has 2 heterocycles. The summed E-state index contributed by atoms with van der Waals surface area (Å²) < 4.78 is 1.60. The van der Waals surface area contributed by atoms with Crippen LogP contribution in [-0.2, 0) is 16.1 Å². The normalized spacial score (nSPS) is 22.7. The molecule has 1 saturated heterocycles. The summed E-state index contributed by atoms with van der Waals surface area (Å²) in [5.41, 5.74) is 7.60. The Balaban J connectivity index is 1.44. The van der Waals surface area contributed by atoms with E-state index in [-0.39, 0.29) is 31.0 Å². The number of rotatable bonds is 6. The zero-order chi connectivity index (χ0) is 22.7. The minimum Gasteiger partial charge on any atom is -0.383 e. The van der Waals surface area contributed by atoms with Gasteiger partial charge in [0.2, 0.25) is 5.91 Å². The molecule has 10 heteroatoms. The van der Waals surface area contributed by atoms with Crippen molar-refractivity contribution in [2.24, 2.45) is 11.7 Å². The van der Waals surface area contributed by atoms with E-state index in [0.29, 0.717) is 11.4 Å². The predicted octanol–water partition coefficient (Wildman–Crippen LogP) is 1.41. The molecule has 1 aromatic carbocycles. The molecular weight excluding hydrogens is 432 g/mol. The Bertz CT molecular complexity index is 947. The van der Waals surface area contributed by atoms with Crippen molar-refractivity contribution in [1.29, 1.82) is 0 Å². The highest BCUT2D eigenvalue weighted by molar-refractivity contribution is 6.30. The Morgan fingerprint density at radius 2 is 2.06 bits per heavy atom. The summed E-state index contributed by atoms with van der Waals surface area (Å²) in [6, 6.07) is 4.30. The number of aliphatic hydroxyl groups is 1. The lowest BCUT2D eigenvalue weighted by Gasteiger charge is -2.31. The van der Waals surface area contributed by atoms with Crippen LogP contribution in [0.2, 0.25) is 5.02 Å². The Labute approximate surface area is 191 Å². The summed E-state index contributed by atoms with van der Waals surface area (Å²) in [5, 5.41) is 18.3. The number of benzene rings is 1. The zero-order valence-corrected chi connectivity index (χ0v) is 18.6. The largest absolute Gasteiger partial charge is 0.383 e. The van der Waals surface area contributed by atoms with Gasteiger partial charge in [0, 0.05) is 24.2 Å². The van der Waals surface area contributed by atoms with Gasteiger partial charge in [0.05, 0.1) is 5.69 Å². The van der Waals surface area contributed by atoms with E-state index < -0.39 is 18.1 Å². The number of aromatic nitrogens is 3. The summed E-state index contributed by atoms with van der Waals surface area (Å²) in [5.74, 6) is -0.740. The molecule has 1 aliphatic heterocycles. The average molecular weight is 461 g/mol. The molecule has 0 bridgehead atoms. The van der Waals surface area contributed by atoms with Crippen molar-refractivity contribution in [3.63, 3.8) is 0 Å². The number of hydrogen-bond donors (Lipinski definition) is 3. The molecular formula is C22H29ClN6O3. The van der Waals surface area contributed by atoms with E-state index >= 15 is 0 Å². The zero-order valence-electron chi connectivity index (χ0n) is 17.9. The highest BCUT2D eigenvalue weighted by Gasteiger charge is 2.41. The molecule has 2 fully saturated rings. The van der Waals surface area contributed by atoms with E-state index in [2.05, 4.69) is 15.4 Å². The third-order valence-corrected chi connectivity index (χ3v) is 6.66. The van der Waals surface area contributed by atoms with Crippen LogP contribution in [0.15, 0.2) is 30.9 Å². The molecule has 32 heavy (non-hydrogen) atoms. The van der Waals surface area contributed by atoms with E-state index in [4.69, 9.17) is 17.3 Å². The van der Waals surface area contributed by atoms with Crippen LogP contribution in [0, 0.1) is 5.92 Å². The summed E-state index contributed by atoms with van der Waals surface area (Å²) in [6.45, 7) is 0.468. The van der Waals surface area contributed by atoms with Gasteiger partial charge in [-0.25, -0.2) is 9.67 Å². The standard InChI is InChI=1S/C22H29ClN6O3/c23-16-6-7-18(29-13-25-12-27-29)15(8-16)10-26-21(31)19-9-17(24)11-28(19)22(32)20(30)14-4-2-1-3-5-14/h6-8,12-14,17,19-20,30H,1-5,9-11,24H2,(H,26,31)/t17-,19?,20+/m0/s1. The van der Waals surface area contributed by atoms with Crippen molar-refractivity contribution in [3.8, 4) is 5.69 Å². The first kappa shape index (κ1) is 22.7. The topological polar surface area (TPSA) is 126 Å². The number of amides is 2. The molecule has 2 aromatic rings. The van der Waals surface area contributed by atoms with Gasteiger partial charge in [0.1, 0.15) is 24.8 Å². The fourth-order valence-corrected chi connectivity index (χ4v) is 4.93. The minimum absolute atomic E-state index is 0.0477. The van der Waals surface area contributed by atoms with Gasteiger partial charge in [-0.15, -0.1) is 0 Å². The van der Waals surface area contributed by atoms with E-state index in [0.717, 1.165) is 43.4 Å². The summed E-state index contributed by atoms with van der Waals surface area (Å²) in [7, 11) is 0. The second-order valence-electron chi connectivity index (χ2n) is 8.68. The van der Waals surface area contributed by atoms with Gasteiger partial charge in [0.25, 0.3) is 5.91 Å². The second-order valence-corrected chi connectivity index (χ2v) is 9.11. The molecule has 1 unspecified atom stereocenters. The lowest BCUT2D eigenvalue weighted by Crippen LogP contribution is -2.50. The first-order chi connectivity index (χ1) is 15.4. The smallest absolute Gasteiger partial charge is 0.252 e. The molecule has 4 rings (SSSR count). The van der Waals surface area contributed by atoms with Crippen molar-refractivity contribution in [2.75, 3.05) is 6.54 Å². The van der Waals surface area contributed by atoms with Crippen LogP contribution in [-0.4, -0.2) is 61.3 Å². The van der Waals surface area contributed by atoms with Crippen LogP contribution in [0.4, 0.5) is 0 Å². The lowest BCUT2D eigenvalue weighted by atomic mass is 9.84. The molecule has 4 N–H and O–H groups in total. The SMILES string of the molecule is N[C@H]1CC(C(=O)NCc2cc(Cl)ccc2-n2cncn2)N(C(=O)[C@H](O)C2CCCCC2)C1. The molecule has 9 nitrogen and oxygen atoms in total. The minimum atomic E-state index is -1.08. The molecule has 2 aliphatic rings. The van der Waals surface area contributed by atoms with Crippen LogP contribution >= 0.6 is 11.6 Å². The number of aliphatic hydroxyl groups excluding tert-OH is 1. The number of hydrogen-bond acceptors (Lipinski definition) is 6. The van der Waals surface area contributed by atoms with Gasteiger partial charge < -0.3 is 21.1 Å². The van der Waals surface area contributed by atoms with Crippen LogP contribution in [0.5, 0.6) is 0 Å². The van der Waals surface area contributed by atoms with Gasteiger partial charge >= 0.3 is 0 Å². The van der Waals surface area contributed by atoms with Crippen molar-refractivity contribution >= 4 is 23.4 Å². The molecule has 1 saturated carbocycles. The van der Waals surface area contributed by atoms with E-state index in [1.165, 1.54) is 11.2 Å². The maximum absolute atomic E-state index is 13.1. The van der Waals surface area contributed by atoms with Crippen molar-refractivity contribution < 1.29 is 14.7 Å². The third-order valence-electron chi connectivity index (χ3n) is 6.43. The molecule has 0 spiro atoms. The van der Waals surface area contributed by atoms with Gasteiger partial charge in [-0.05, 0) is 48.9 Å². The van der Waals surface area contributed by atoms with Crippen molar-refractivity contribution in [2.45, 2.75) is 63.3 Å². The molecule has 1 aliphatic carbocycles. The highest BCUT2D eigenvalue weighted by atomic mass is 35.5. The van der Waals surface area contributed by atoms with Crippen molar-refractivity contribution in [1.82, 2.24) is 25.0 Å². The Hall–Kier alpha value is -2.49. The predicted molar refractivity (Wildman–Crippen MR) is 119 cm³/mol. The first-order valence-corrected chi connectivity index (χ1v) is 11.5. The molecule has 172 valence electrons. The van der Waals surface area contributed by atoms with E-state index in [9.17, 15) is 14.7 Å². The van der Waals surface area contributed by atoms with Crippen LogP contribution in [0.3, 0.4) is 0 Å². The van der Waals surface area contributed by atoms with Crippen LogP contribution in [0.25, 0.3) is 5.69 Å². The Morgan fingerprint density at radius 3 is 2.78 bits per heavy atom. The number of carbonyl (C=O) groups is 2. The number of nitrogens with two attached hydrogens (primary N) is 1. The highest BCUT2D eigenvalue weighted by Crippen LogP contribution is 2.29. The summed E-state index contributed by atoms with van der Waals surface area (Å²) in [6.07, 6.45) is 7.13. The number of nitrogens with zero attached hydrogens (tertiary/aromatic N) is 4. The number of halogens is 1. The third kappa shape index (κ3) is 4.95. The Morgan fingerprint density at radius 1 is 1.28 bits per heavy atom. The number of likely N-dealkylation sites (tertiary alicyclic amines) is 1. The number of carbonyl (C=O) groups excluding carboxylic acids is 2. The fraction of sp³-hybridized carbons (Fsp3) is 0.545. The molecule has 2 amide bonds. The molecule has 0 radical (unpaired) electrons. The van der Waals surface area contributed by atoms with Crippen LogP contribution < -0.4 is 11.1 Å². The summed E-state index contributed by atoms with van der Waals surface area (Å²) in [4.78, 5) is 31.5. The van der Waals surface area contributed by atoms with E-state index in [1.807, 2.05) is 0 Å². The first-order valence-electron chi connectivity index (χ1n) is 11.1. The van der Waals surface area contributed by atoms with Gasteiger partial charge in [0.15, 0.2) is 0 Å². The van der Waals surface area contributed by atoms with E-state index in [1.54, 1.807) is 29.2 Å². The van der Waals surface area contributed by atoms with Crippen molar-refractivity contribution in [3.05, 3.63) is 41.4 Å². The number of nitrogens with one attached hydrogen (secondary N) is 1. The lowest BCUT2D eigenvalue weighted by molar-refractivity contribution is -0.148. The maximum atomic E-state index is 13.1. The van der Waals surface area contributed by atoms with Crippen LogP contribution in [0.1, 0.15) is 44.1 Å². The molecule has 3 atom stereocenters. The average Bonchev–Trinajstić information content (AvgIpc) is 3.47.